The lowest BCUT2D eigenvalue weighted by atomic mass is 10.0. The van der Waals surface area contributed by atoms with Crippen molar-refractivity contribution in [1.82, 2.24) is 29.8 Å². The molecule has 0 amide bonds. The number of benzene rings is 2. The quantitative estimate of drug-likeness (QED) is 0.480. The Labute approximate surface area is 169 Å². The molecule has 0 saturated carbocycles. The average Bonchev–Trinajstić information content (AvgIpc) is 3.52. The maximum absolute atomic E-state index is 14.4. The van der Waals surface area contributed by atoms with Crippen molar-refractivity contribution in [1.29, 1.82) is 0 Å². The Hall–Kier alpha value is -4.01. The van der Waals surface area contributed by atoms with Gasteiger partial charge in [-0.05, 0) is 12.1 Å². The van der Waals surface area contributed by atoms with Crippen LogP contribution < -0.4 is 10.1 Å². The summed E-state index contributed by atoms with van der Waals surface area (Å²) in [5.74, 6) is 1.02. The monoisotopic (exact) mass is 401 g/mol. The molecule has 4 heterocycles. The Morgan fingerprint density at radius 1 is 1.20 bits per heavy atom. The smallest absolute Gasteiger partial charge is 0.210 e. The Balaban J connectivity index is 1.39. The fourth-order valence-electron chi connectivity index (χ4n) is 4.00. The van der Waals surface area contributed by atoms with Gasteiger partial charge in [0.25, 0.3) is 0 Å². The van der Waals surface area contributed by atoms with Crippen LogP contribution in [0.4, 0.5) is 10.3 Å². The molecule has 0 spiro atoms. The van der Waals surface area contributed by atoms with E-state index in [1.807, 2.05) is 24.4 Å². The highest BCUT2D eigenvalue weighted by Gasteiger charge is 2.20. The SMILES string of the molecule is Fc1ccc2c(c1CNc1ncc(-c3cccc4c[nH]nc34)c3nncn13)CCO2. The van der Waals surface area contributed by atoms with E-state index in [1.54, 1.807) is 23.0 Å². The molecule has 2 N–H and O–H groups in total. The number of hydrogen-bond donors (Lipinski definition) is 2. The highest BCUT2D eigenvalue weighted by molar-refractivity contribution is 5.96. The molecular weight excluding hydrogens is 385 g/mol. The Kier molecular flexibility index (Phi) is 3.67. The van der Waals surface area contributed by atoms with Crippen LogP contribution >= 0.6 is 0 Å². The zero-order valence-electron chi connectivity index (χ0n) is 15.8. The minimum Gasteiger partial charge on any atom is -0.493 e. The number of nitrogens with one attached hydrogen (secondary N) is 2. The van der Waals surface area contributed by atoms with Gasteiger partial charge in [0.1, 0.15) is 23.4 Å². The molecule has 0 aliphatic carbocycles. The number of halogens is 1. The van der Waals surface area contributed by atoms with E-state index in [1.165, 1.54) is 6.07 Å². The van der Waals surface area contributed by atoms with Crippen LogP contribution in [0.25, 0.3) is 27.7 Å². The third-order valence-electron chi connectivity index (χ3n) is 5.45. The van der Waals surface area contributed by atoms with Crippen LogP contribution in [0, 0.1) is 5.82 Å². The molecular formula is C21H16FN7O. The lowest BCUT2D eigenvalue weighted by molar-refractivity contribution is 0.356. The minimum atomic E-state index is -0.256. The second kappa shape index (κ2) is 6.51. The third-order valence-corrected chi connectivity index (χ3v) is 5.45. The van der Waals surface area contributed by atoms with Gasteiger partial charge in [-0.15, -0.1) is 10.2 Å². The summed E-state index contributed by atoms with van der Waals surface area (Å²) in [6.07, 6.45) is 5.88. The van der Waals surface area contributed by atoms with Crippen LogP contribution in [-0.2, 0) is 13.0 Å². The zero-order valence-corrected chi connectivity index (χ0v) is 15.8. The number of nitrogens with zero attached hydrogens (tertiary/aromatic N) is 5. The molecule has 30 heavy (non-hydrogen) atoms. The molecule has 0 bridgehead atoms. The molecule has 8 nitrogen and oxygen atoms in total. The lowest BCUT2D eigenvalue weighted by Gasteiger charge is -2.12. The van der Waals surface area contributed by atoms with Gasteiger partial charge in [-0.3, -0.25) is 9.50 Å². The van der Waals surface area contributed by atoms with Gasteiger partial charge in [0.05, 0.1) is 6.61 Å². The number of aromatic nitrogens is 6. The molecule has 2 aromatic carbocycles. The van der Waals surface area contributed by atoms with Crippen LogP contribution in [0.5, 0.6) is 5.75 Å². The molecule has 5 aromatic rings. The van der Waals surface area contributed by atoms with Gasteiger partial charge < -0.3 is 10.1 Å². The van der Waals surface area contributed by atoms with Gasteiger partial charge in [0.15, 0.2) is 5.65 Å². The van der Waals surface area contributed by atoms with E-state index in [2.05, 4.69) is 30.7 Å². The van der Waals surface area contributed by atoms with Crippen molar-refractivity contribution in [2.45, 2.75) is 13.0 Å². The normalized spacial score (nSPS) is 13.0. The van der Waals surface area contributed by atoms with Gasteiger partial charge in [0.2, 0.25) is 5.95 Å². The Morgan fingerprint density at radius 2 is 2.17 bits per heavy atom. The predicted octanol–water partition coefficient (Wildman–Crippen LogP) is 3.35. The highest BCUT2D eigenvalue weighted by atomic mass is 19.1. The number of aromatic amines is 1. The van der Waals surface area contributed by atoms with Crippen LogP contribution in [-0.4, -0.2) is 36.4 Å². The number of fused-ring (bicyclic) bond motifs is 3. The molecule has 9 heteroatoms. The lowest BCUT2D eigenvalue weighted by Crippen LogP contribution is -2.09. The van der Waals surface area contributed by atoms with Crippen LogP contribution in [0.2, 0.25) is 0 Å². The fraction of sp³-hybridized carbons (Fsp3) is 0.143. The van der Waals surface area contributed by atoms with Crippen molar-refractivity contribution in [3.8, 4) is 16.9 Å². The number of H-pyrrole nitrogens is 1. The summed E-state index contributed by atoms with van der Waals surface area (Å²) >= 11 is 0. The van der Waals surface area contributed by atoms with Crippen molar-refractivity contribution in [3.05, 3.63) is 66.0 Å². The molecule has 1 aliphatic heterocycles. The summed E-state index contributed by atoms with van der Waals surface area (Å²) in [7, 11) is 0. The highest BCUT2D eigenvalue weighted by Crippen LogP contribution is 2.32. The second-order valence-corrected chi connectivity index (χ2v) is 7.10. The van der Waals surface area contributed by atoms with Gasteiger partial charge >= 0.3 is 0 Å². The summed E-state index contributed by atoms with van der Waals surface area (Å²) in [5.41, 5.74) is 4.71. The van der Waals surface area contributed by atoms with E-state index < -0.39 is 0 Å². The Morgan fingerprint density at radius 3 is 3.13 bits per heavy atom. The van der Waals surface area contributed by atoms with Gasteiger partial charge in [-0.2, -0.15) is 5.10 Å². The predicted molar refractivity (Wildman–Crippen MR) is 109 cm³/mol. The number of ether oxygens (including phenoxy) is 1. The third kappa shape index (κ3) is 2.52. The Bertz CT molecular complexity index is 1410. The average molecular weight is 401 g/mol. The van der Waals surface area contributed by atoms with E-state index in [0.717, 1.165) is 33.3 Å². The maximum atomic E-state index is 14.4. The number of rotatable bonds is 4. The second-order valence-electron chi connectivity index (χ2n) is 7.10. The molecule has 0 radical (unpaired) electrons. The zero-order chi connectivity index (χ0) is 20.1. The van der Waals surface area contributed by atoms with E-state index in [9.17, 15) is 4.39 Å². The molecule has 1 aliphatic rings. The maximum Gasteiger partial charge on any atom is 0.210 e. The van der Waals surface area contributed by atoms with Gasteiger partial charge in [-0.1, -0.05) is 18.2 Å². The topological polar surface area (TPSA) is 93.0 Å². The van der Waals surface area contributed by atoms with E-state index in [4.69, 9.17) is 4.74 Å². The molecule has 148 valence electrons. The first kappa shape index (κ1) is 16.9. The summed E-state index contributed by atoms with van der Waals surface area (Å²) in [6, 6.07) is 9.05. The van der Waals surface area contributed by atoms with Gasteiger partial charge in [0, 0.05) is 53.0 Å². The number of hydrogen-bond acceptors (Lipinski definition) is 6. The minimum absolute atomic E-state index is 0.256. The molecule has 6 rings (SSSR count). The first-order valence-corrected chi connectivity index (χ1v) is 9.58. The summed E-state index contributed by atoms with van der Waals surface area (Å²) < 4.78 is 21.8. The first-order chi connectivity index (χ1) is 14.8. The van der Waals surface area contributed by atoms with Crippen molar-refractivity contribution < 1.29 is 9.13 Å². The van der Waals surface area contributed by atoms with Crippen molar-refractivity contribution in [2.24, 2.45) is 0 Å². The standard InChI is InChI=1S/C21H16FN7O/c22-17-4-5-18-13(6-7-30-18)15(17)9-23-21-24-10-16(20-28-26-11-29(20)21)14-3-1-2-12-8-25-27-19(12)14/h1-5,8,10-11H,6-7,9H2,(H,23,24)(H,25,27). The van der Waals surface area contributed by atoms with Crippen molar-refractivity contribution in [3.63, 3.8) is 0 Å². The van der Waals surface area contributed by atoms with Crippen LogP contribution in [0.15, 0.2) is 49.1 Å². The van der Waals surface area contributed by atoms with Crippen molar-refractivity contribution >= 4 is 22.5 Å². The molecule has 0 unspecified atom stereocenters. The molecule has 0 fully saturated rings. The molecule has 3 aromatic heterocycles. The number of anilines is 1. The largest absolute Gasteiger partial charge is 0.493 e. The molecule has 0 saturated heterocycles. The number of para-hydroxylation sites is 1. The van der Waals surface area contributed by atoms with Crippen molar-refractivity contribution in [2.75, 3.05) is 11.9 Å². The van der Waals surface area contributed by atoms with Crippen LogP contribution in [0.1, 0.15) is 11.1 Å². The van der Waals surface area contributed by atoms with E-state index in [0.29, 0.717) is 30.2 Å². The summed E-state index contributed by atoms with van der Waals surface area (Å²) in [4.78, 5) is 4.57. The summed E-state index contributed by atoms with van der Waals surface area (Å²) in [6.45, 7) is 0.861. The fourth-order valence-corrected chi connectivity index (χ4v) is 4.00. The first-order valence-electron chi connectivity index (χ1n) is 9.58. The van der Waals surface area contributed by atoms with Crippen LogP contribution in [0.3, 0.4) is 0 Å². The molecule has 0 atom stereocenters. The van der Waals surface area contributed by atoms with E-state index >= 15 is 0 Å². The summed E-state index contributed by atoms with van der Waals surface area (Å²) in [5, 5.41) is 19.8. The van der Waals surface area contributed by atoms with Gasteiger partial charge in [-0.25, -0.2) is 9.37 Å². The van der Waals surface area contributed by atoms with E-state index in [-0.39, 0.29) is 12.4 Å².